The summed E-state index contributed by atoms with van der Waals surface area (Å²) in [5.41, 5.74) is 2.96. The summed E-state index contributed by atoms with van der Waals surface area (Å²) >= 11 is 0. The molecule has 0 radical (unpaired) electrons. The van der Waals surface area contributed by atoms with Crippen molar-refractivity contribution in [1.82, 2.24) is 0 Å². The number of rotatable bonds is 2. The molecule has 48 valence electrons. The number of nitrogens with two attached hydrogens (primary N) is 1. The van der Waals surface area contributed by atoms with Crippen molar-refractivity contribution in [2.24, 2.45) is 0 Å². The van der Waals surface area contributed by atoms with Crippen molar-refractivity contribution in [2.75, 3.05) is 12.8 Å². The predicted molar refractivity (Wildman–Crippen MR) is 37.4 cm³/mol. The fraction of sp³-hybridized carbons (Fsp3) is 0.143. The van der Waals surface area contributed by atoms with Gasteiger partial charge in [0.2, 0.25) is 0 Å². The van der Waals surface area contributed by atoms with E-state index < -0.39 is 0 Å². The molecule has 0 saturated carbocycles. The predicted octanol–water partition coefficient (Wildman–Crippen LogP) is 1.28. The highest BCUT2D eigenvalue weighted by molar-refractivity contribution is 5.51. The van der Waals surface area contributed by atoms with Crippen LogP contribution in [0, 0.1) is 0 Å². The average molecular weight is 125 g/mol. The van der Waals surface area contributed by atoms with E-state index >= 15 is 0 Å². The lowest BCUT2D eigenvalue weighted by Gasteiger charge is -2.00. The largest absolute Gasteiger partial charge is 0.495 e. The Bertz CT molecular complexity index is 192. The summed E-state index contributed by atoms with van der Waals surface area (Å²) in [6.07, 6.45) is 0. The average Bonchev–Trinajstić information content (AvgIpc) is 2.04. The van der Waals surface area contributed by atoms with Crippen LogP contribution < -0.4 is 10.5 Å². The first-order valence-electron chi connectivity index (χ1n) is 3.19. The van der Waals surface area contributed by atoms with Gasteiger partial charge >= 0.3 is 0 Å². The fourth-order valence-corrected chi connectivity index (χ4v) is 0.645. The first-order chi connectivity index (χ1) is 4.88. The number of benzene rings is 1. The highest BCUT2D eigenvalue weighted by atomic mass is 16.5. The highest BCUT2D eigenvalue weighted by Gasteiger charge is 1.91. The minimum absolute atomic E-state index is 0.685. The van der Waals surface area contributed by atoms with Gasteiger partial charge < -0.3 is 10.5 Å². The van der Waals surface area contributed by atoms with Crippen molar-refractivity contribution in [3.63, 3.8) is 0 Å². The van der Waals surface area contributed by atoms with Crippen molar-refractivity contribution < 1.29 is 6.15 Å². The van der Waals surface area contributed by atoms with Crippen molar-refractivity contribution in [1.29, 1.82) is 0 Å². The Morgan fingerprint density at radius 1 is 1.56 bits per heavy atom. The molecule has 2 N–H and O–H groups in total. The lowest BCUT2D eigenvalue weighted by molar-refractivity contribution is 0.417. The Morgan fingerprint density at radius 2 is 2.33 bits per heavy atom. The van der Waals surface area contributed by atoms with Crippen LogP contribution in [0.1, 0.15) is 0 Å². The molecule has 0 atom stereocenters. The Labute approximate surface area is 55.7 Å². The molecule has 0 spiro atoms. The lowest BCUT2D eigenvalue weighted by Crippen LogP contribution is -1.89. The van der Waals surface area contributed by atoms with Gasteiger partial charge in [0.15, 0.2) is 1.41 Å². The van der Waals surface area contributed by atoms with Crippen LogP contribution >= 0.6 is 0 Å². The zero-order valence-electron chi connectivity index (χ0n) is 6.22. The molecule has 2 nitrogen and oxygen atoms in total. The van der Waals surface area contributed by atoms with Gasteiger partial charge in [-0.3, -0.25) is 0 Å². The van der Waals surface area contributed by atoms with Gasteiger partial charge in [-0.2, -0.15) is 0 Å². The molecule has 0 bridgehead atoms. The van der Waals surface area contributed by atoms with Crippen LogP contribution in [0.3, 0.4) is 0 Å². The molecule has 0 amide bonds. The Morgan fingerprint density at radius 3 is 2.89 bits per heavy atom. The zero-order chi connectivity index (χ0) is 7.40. The van der Waals surface area contributed by atoms with Crippen LogP contribution in [0.15, 0.2) is 24.3 Å². The second-order valence-electron chi connectivity index (χ2n) is 1.70. The van der Waals surface area contributed by atoms with E-state index in [0.717, 1.165) is 0 Å². The number of para-hydroxylation sites is 2. The molecule has 0 aliphatic heterocycles. The van der Waals surface area contributed by atoms with Crippen LogP contribution in [-0.2, 0) is 0 Å². The molecule has 0 heterocycles. The lowest BCUT2D eigenvalue weighted by atomic mass is 10.3. The van der Waals surface area contributed by atoms with E-state index in [0.29, 0.717) is 11.4 Å². The molecule has 0 aromatic heterocycles. The summed E-state index contributed by atoms with van der Waals surface area (Å²) in [5.74, 6) is 0.692. The summed E-state index contributed by atoms with van der Waals surface area (Å²) in [5, 5.41) is 0. The van der Waals surface area contributed by atoms with E-state index in [2.05, 4.69) is 5.73 Å². The molecule has 0 aliphatic carbocycles. The molecule has 9 heavy (non-hydrogen) atoms. The summed E-state index contributed by atoms with van der Waals surface area (Å²) in [4.78, 5) is 0. The van der Waals surface area contributed by atoms with E-state index in [-0.39, 0.29) is 0 Å². The van der Waals surface area contributed by atoms with Crippen molar-refractivity contribution in [3.05, 3.63) is 24.3 Å². The van der Waals surface area contributed by atoms with Crippen LogP contribution in [-0.4, -0.2) is 7.11 Å². The second kappa shape index (κ2) is 2.40. The molecule has 0 fully saturated rings. The number of nitrogen functional groups attached to an aromatic ring is 1. The third-order valence-electron chi connectivity index (χ3n) is 1.11. The van der Waals surface area contributed by atoms with E-state index in [1.807, 2.05) is 12.1 Å². The van der Waals surface area contributed by atoms with Crippen LogP contribution in [0.4, 0.5) is 5.69 Å². The van der Waals surface area contributed by atoms with Gasteiger partial charge in [-0.15, -0.1) is 0 Å². The minimum Gasteiger partial charge on any atom is -0.495 e. The summed E-state index contributed by atoms with van der Waals surface area (Å²) < 4.78 is 11.8. The maximum Gasteiger partial charge on any atom is 0.156 e. The van der Waals surface area contributed by atoms with E-state index in [1.54, 1.807) is 19.2 Å². The summed E-state index contributed by atoms with van der Waals surface area (Å²) in [6.45, 7) is 0. The number of hydrogen-bond donors (Lipinski definition) is 1. The number of ether oxygens (including phenoxy) is 1. The van der Waals surface area contributed by atoms with Gasteiger partial charge in [-0.05, 0) is 12.1 Å². The highest BCUT2D eigenvalue weighted by Crippen LogP contribution is 2.18. The third kappa shape index (κ3) is 1.13. The van der Waals surface area contributed by atoms with E-state index in [1.165, 1.54) is 0 Å². The smallest absolute Gasteiger partial charge is 0.156 e. The monoisotopic (exact) mass is 125 g/mol. The second-order valence-corrected chi connectivity index (χ2v) is 1.70. The first kappa shape index (κ1) is 4.68. The molecule has 1 aromatic rings. The number of anilines is 1. The molecule has 0 saturated heterocycles. The molecule has 0 aliphatic rings. The summed E-state index contributed by atoms with van der Waals surface area (Å²) in [7, 11) is 1.58. The normalized spacial score (nSPS) is 10.1. The van der Waals surface area contributed by atoms with Crippen molar-refractivity contribution in [2.45, 2.75) is 0 Å². The van der Waals surface area contributed by atoms with Gasteiger partial charge in [0.25, 0.3) is 0 Å². The molecule has 1 aromatic carbocycles. The van der Waals surface area contributed by atoms with Crippen LogP contribution in [0.2, 0.25) is 1.41 Å². The topological polar surface area (TPSA) is 35.2 Å². The van der Waals surface area contributed by atoms with E-state index in [4.69, 9.17) is 6.15 Å². The molecule has 2 heteroatoms. The van der Waals surface area contributed by atoms with E-state index in [9.17, 15) is 0 Å². The van der Waals surface area contributed by atoms with Crippen LogP contribution in [0.25, 0.3) is 0 Å². The standard InChI is InChI=1S/C7H9NO/c1-9-7-5-3-2-4-6(7)8/h2-5H,8H2,1H3/i/hT. The molecular formula is C7H9NO. The maximum atomic E-state index is 6.86. The molecule has 1 rings (SSSR count). The minimum atomic E-state index is 0.685. The van der Waals surface area contributed by atoms with Crippen molar-refractivity contribution >= 4 is 5.69 Å². The Kier molecular flexibility index (Phi) is 1.24. The third-order valence-corrected chi connectivity index (χ3v) is 1.11. The maximum absolute atomic E-state index is 6.86. The SMILES string of the molecule is [3H]Nc1ccccc1OC. The van der Waals surface area contributed by atoms with Gasteiger partial charge in [-0.25, -0.2) is 0 Å². The number of hydrogen-bond acceptors (Lipinski definition) is 2. The molecule has 0 unspecified atom stereocenters. The first-order valence-corrected chi connectivity index (χ1v) is 2.69. The van der Waals surface area contributed by atoms with Gasteiger partial charge in [-0.1, -0.05) is 12.1 Å². The zero-order valence-corrected chi connectivity index (χ0v) is 5.22. The van der Waals surface area contributed by atoms with Crippen molar-refractivity contribution in [3.8, 4) is 5.75 Å². The van der Waals surface area contributed by atoms with Gasteiger partial charge in [0, 0.05) is 0 Å². The Hall–Kier alpha value is -1.18. The number of methoxy groups -OCH3 is 1. The quantitative estimate of drug-likeness (QED) is 0.604. The van der Waals surface area contributed by atoms with Crippen LogP contribution in [0.5, 0.6) is 5.75 Å². The van der Waals surface area contributed by atoms with Gasteiger partial charge in [0.05, 0.1) is 12.8 Å². The Balaban J connectivity index is 2.96. The summed E-state index contributed by atoms with van der Waals surface area (Å²) in [6, 6.07) is 7.29. The molecular weight excluding hydrogens is 114 g/mol. The van der Waals surface area contributed by atoms with Gasteiger partial charge in [0.1, 0.15) is 5.75 Å². The fourth-order valence-electron chi connectivity index (χ4n) is 0.645.